The summed E-state index contributed by atoms with van der Waals surface area (Å²) < 4.78 is 0. The number of aliphatic hydroxyl groups is 1. The second-order valence-electron chi connectivity index (χ2n) is 10.4. The number of para-hydroxylation sites is 4. The number of rotatable bonds is 12. The molecule has 0 atom stereocenters. The molecule has 0 saturated carbocycles. The van der Waals surface area contributed by atoms with Crippen LogP contribution in [0.2, 0.25) is 0 Å². The van der Waals surface area contributed by atoms with Crippen molar-refractivity contribution in [3.63, 3.8) is 0 Å². The van der Waals surface area contributed by atoms with Crippen LogP contribution in [0.1, 0.15) is 43.0 Å². The van der Waals surface area contributed by atoms with E-state index in [1.165, 1.54) is 24.3 Å². The maximum Gasteiger partial charge on any atom is 3.00 e. The summed E-state index contributed by atoms with van der Waals surface area (Å²) >= 11 is 0. The van der Waals surface area contributed by atoms with Gasteiger partial charge in [-0.2, -0.15) is 0 Å². The Morgan fingerprint density at radius 3 is 0.767 bits per heavy atom. The monoisotopic (exact) mass is 910 g/mol. The molecule has 0 radical (unpaired) electrons. The number of hydrogen-bond donors (Lipinski definition) is 1. The molecule has 0 aliphatic heterocycles. The molecule has 0 aliphatic carbocycles. The fourth-order valence-corrected chi connectivity index (χ4v) is 3.97. The first-order valence-corrected chi connectivity index (χ1v) is 16.2. The first-order chi connectivity index (χ1) is 26.2. The van der Waals surface area contributed by atoms with Gasteiger partial charge in [0.2, 0.25) is 0 Å². The van der Waals surface area contributed by atoms with E-state index in [-0.39, 0.29) is 90.2 Å². The van der Waals surface area contributed by atoms with Crippen molar-refractivity contribution in [3.8, 4) is 23.0 Å². The van der Waals surface area contributed by atoms with Gasteiger partial charge in [0.15, 0.2) is 0 Å². The molecule has 5 aromatic carbocycles. The van der Waals surface area contributed by atoms with Gasteiger partial charge in [-0.15, -0.1) is 23.0 Å². The molecule has 0 saturated heterocycles. The average molecular weight is 911 g/mol. The molecule has 0 heterocycles. The molecule has 5 aromatic rings. The Labute approximate surface area is 367 Å². The quantitative estimate of drug-likeness (QED) is 0.0782. The Morgan fingerprint density at radius 1 is 0.417 bits per heavy atom. The molecular formula is C41H44Mn2N4O13. The number of carbonyl (C=O) groups is 2. The van der Waals surface area contributed by atoms with Crippen LogP contribution in [0, 0.1) is 0 Å². The van der Waals surface area contributed by atoms with Crippen LogP contribution in [-0.4, -0.2) is 97.1 Å². The molecule has 0 spiro atoms. The summed E-state index contributed by atoms with van der Waals surface area (Å²) in [5.41, 5.74) is 2.17. The third-order valence-electron chi connectivity index (χ3n) is 6.67. The first kappa shape index (κ1) is 62.9. The zero-order chi connectivity index (χ0) is 39.6. The van der Waals surface area contributed by atoms with Crippen molar-refractivity contribution in [2.24, 2.45) is 20.0 Å². The van der Waals surface area contributed by atoms with Crippen molar-refractivity contribution in [2.75, 3.05) is 33.3 Å². The Hall–Kier alpha value is -6.24. The van der Waals surface area contributed by atoms with E-state index < -0.39 is 11.9 Å². The topological polar surface area (TPSA) is 368 Å². The minimum Gasteiger partial charge on any atom is -0.872 e. The first-order valence-electron chi connectivity index (χ1n) is 16.2. The number of hydrogen-bond acceptors (Lipinski definition) is 13. The van der Waals surface area contributed by atoms with Gasteiger partial charge in [-0.25, -0.2) is 0 Å². The van der Waals surface area contributed by atoms with E-state index in [0.29, 0.717) is 48.4 Å². The molecule has 0 fully saturated rings. The Bertz CT molecular complexity index is 1780. The van der Waals surface area contributed by atoms with Crippen LogP contribution >= 0.6 is 0 Å². The second-order valence-corrected chi connectivity index (χ2v) is 10.4. The van der Waals surface area contributed by atoms with Crippen molar-refractivity contribution in [1.29, 1.82) is 0 Å². The number of carboxylic acid groups (broad SMARTS) is 2. The molecule has 60 heavy (non-hydrogen) atoms. The largest absolute Gasteiger partial charge is 3.00 e. The summed E-state index contributed by atoms with van der Waals surface area (Å²) in [4.78, 5) is 37.0. The van der Waals surface area contributed by atoms with Gasteiger partial charge in [-0.1, -0.05) is 121 Å². The fourth-order valence-electron chi connectivity index (χ4n) is 3.97. The minimum absolute atomic E-state index is 0. The number of carbonyl (C=O) groups excluding carboxylic acids is 2. The van der Waals surface area contributed by atoms with E-state index >= 15 is 0 Å². The molecule has 0 bridgehead atoms. The summed E-state index contributed by atoms with van der Waals surface area (Å²) in [5.74, 6) is -2.83. The summed E-state index contributed by atoms with van der Waals surface area (Å²) in [6.07, 6.45) is 6.22. The van der Waals surface area contributed by atoms with Gasteiger partial charge in [0.25, 0.3) is 0 Å². The van der Waals surface area contributed by atoms with Gasteiger partial charge >= 0.3 is 34.1 Å². The molecule has 17 nitrogen and oxygen atoms in total. The maximum atomic E-state index is 11.4. The average Bonchev–Trinajstić information content (AvgIpc) is 3.18. The Balaban J connectivity index is -0.000000241. The Morgan fingerprint density at radius 2 is 0.600 bits per heavy atom. The molecule has 0 unspecified atom stereocenters. The van der Waals surface area contributed by atoms with E-state index in [4.69, 9.17) is 5.11 Å². The number of aliphatic imine (C=N–C) groups is 4. The summed E-state index contributed by atoms with van der Waals surface area (Å²) in [7, 11) is 1.00. The van der Waals surface area contributed by atoms with Crippen LogP contribution in [0.3, 0.4) is 0 Å². The molecule has 9 N–H and O–H groups in total. The summed E-state index contributed by atoms with van der Waals surface area (Å²) in [6.45, 7) is 1.91. The van der Waals surface area contributed by atoms with Gasteiger partial charge < -0.3 is 67.2 Å². The molecular weight excluding hydrogens is 866 g/mol. The van der Waals surface area contributed by atoms with E-state index in [1.54, 1.807) is 97.7 Å². The van der Waals surface area contributed by atoms with Crippen molar-refractivity contribution < 1.29 is 101 Å². The predicted octanol–water partition coefficient (Wildman–Crippen LogP) is -2.54. The van der Waals surface area contributed by atoms with Gasteiger partial charge in [-0.05, 0) is 33.4 Å². The number of aromatic carboxylic acids is 2. The van der Waals surface area contributed by atoms with E-state index in [1.807, 2.05) is 0 Å². The number of carboxylic acids is 2. The van der Waals surface area contributed by atoms with Gasteiger partial charge in [0.1, 0.15) is 0 Å². The number of benzene rings is 5. The maximum absolute atomic E-state index is 11.4. The SMILES string of the molecule is CO.O.O.O.O.O=C([O-])c1ccc(C(=O)[O-])cc1.[Mn+3].[Mn+3].[O-]c1ccccc1C=NCCN=Cc1ccccc1[O-].[O-]c1ccccc1C=NCCN=Cc1ccccc1[O-]. The second kappa shape index (κ2) is 37.1. The van der Waals surface area contributed by atoms with Crippen LogP contribution in [0.4, 0.5) is 0 Å². The summed E-state index contributed by atoms with van der Waals surface area (Å²) in [6, 6.07) is 31.5. The predicted molar refractivity (Wildman–Crippen MR) is 211 cm³/mol. The van der Waals surface area contributed by atoms with Gasteiger partial charge in [0, 0.05) is 32.0 Å². The Kier molecular flexibility index (Phi) is 38.9. The van der Waals surface area contributed by atoms with Crippen molar-refractivity contribution in [1.82, 2.24) is 0 Å². The van der Waals surface area contributed by atoms with Gasteiger partial charge in [-0.3, -0.25) is 20.0 Å². The third-order valence-corrected chi connectivity index (χ3v) is 6.67. The minimum atomic E-state index is -1.33. The van der Waals surface area contributed by atoms with E-state index in [9.17, 15) is 40.2 Å². The zero-order valence-electron chi connectivity index (χ0n) is 31.9. The van der Waals surface area contributed by atoms with Crippen LogP contribution in [-0.2, 0) is 34.1 Å². The molecule has 0 amide bonds. The van der Waals surface area contributed by atoms with Crippen molar-refractivity contribution in [2.45, 2.75) is 0 Å². The van der Waals surface area contributed by atoms with E-state index in [0.717, 1.165) is 31.4 Å². The van der Waals surface area contributed by atoms with Crippen molar-refractivity contribution >= 4 is 36.8 Å². The van der Waals surface area contributed by atoms with Gasteiger partial charge in [0.05, 0.1) is 38.1 Å². The molecule has 0 aliphatic rings. The van der Waals surface area contributed by atoms with Crippen molar-refractivity contribution in [3.05, 3.63) is 155 Å². The third kappa shape index (κ3) is 24.5. The molecule has 5 rings (SSSR count). The van der Waals surface area contributed by atoms with E-state index in [2.05, 4.69) is 20.0 Å². The number of aliphatic hydroxyl groups excluding tert-OH is 1. The smallest absolute Gasteiger partial charge is 0.872 e. The zero-order valence-corrected chi connectivity index (χ0v) is 34.3. The molecule has 320 valence electrons. The van der Waals surface area contributed by atoms with Crippen LogP contribution in [0.15, 0.2) is 141 Å². The molecule has 19 heteroatoms. The molecule has 0 aromatic heterocycles. The standard InChI is InChI=1S/2C16H16N2O2.C8H6O4.CH4O.2Mn.4H2O/c2*19-15-7-3-1-5-13(15)11-17-9-10-18-12-14-6-2-4-8-16(14)20;9-7(10)5-1-2-6(4-3-5)8(11)12;1-2;;;;;;/h2*1-8,11-12,19-20H,9-10H2;1-4H,(H,9,10)(H,11,12);2H,1H3;;;4*1H2/q;;;;2*+3;;;;/p-6. The normalized spacial score (nSPS) is 9.57. The van der Waals surface area contributed by atoms with Crippen LogP contribution in [0.5, 0.6) is 23.0 Å². The fraction of sp³-hybridized carbons (Fsp3) is 0.122. The summed E-state index contributed by atoms with van der Waals surface area (Å²) in [5, 5.41) is 73.0. The van der Waals surface area contributed by atoms with Crippen LogP contribution < -0.4 is 30.6 Å². The van der Waals surface area contributed by atoms with Crippen LogP contribution in [0.25, 0.3) is 0 Å². The number of nitrogens with zero attached hydrogens (tertiary/aromatic N) is 4.